The number of imidazole rings is 1. The standard InChI is InChI=1S/C12H16F3N3O/c1-7-9(3-5-19-7)18-10-2-4-16-6-8(10)17-11(18)12(13,14)15/h7,9,16H,2-6H2,1H3. The molecule has 0 aliphatic carbocycles. The molecule has 0 saturated carbocycles. The van der Waals surface area contributed by atoms with E-state index in [1.165, 1.54) is 4.57 Å². The quantitative estimate of drug-likeness (QED) is 0.851. The van der Waals surface area contributed by atoms with E-state index in [9.17, 15) is 13.2 Å². The third-order valence-electron chi connectivity index (χ3n) is 3.85. The molecule has 0 spiro atoms. The molecule has 3 heterocycles. The summed E-state index contributed by atoms with van der Waals surface area (Å²) in [7, 11) is 0. The van der Waals surface area contributed by atoms with Gasteiger partial charge in [0.05, 0.1) is 17.8 Å². The highest BCUT2D eigenvalue weighted by molar-refractivity contribution is 5.23. The van der Waals surface area contributed by atoms with E-state index in [-0.39, 0.29) is 12.1 Å². The minimum atomic E-state index is -4.42. The smallest absolute Gasteiger partial charge is 0.376 e. The number of fused-ring (bicyclic) bond motifs is 1. The predicted molar refractivity (Wildman–Crippen MR) is 61.7 cm³/mol. The monoisotopic (exact) mass is 275 g/mol. The summed E-state index contributed by atoms with van der Waals surface area (Å²) >= 11 is 0. The first kappa shape index (κ1) is 12.9. The van der Waals surface area contributed by atoms with Gasteiger partial charge in [-0.05, 0) is 13.3 Å². The molecule has 3 rings (SSSR count). The summed E-state index contributed by atoms with van der Waals surface area (Å²) < 4.78 is 46.3. The molecule has 4 nitrogen and oxygen atoms in total. The summed E-state index contributed by atoms with van der Waals surface area (Å²) in [5.41, 5.74) is 1.24. The van der Waals surface area contributed by atoms with Gasteiger partial charge in [0.1, 0.15) is 0 Å². The molecule has 7 heteroatoms. The molecule has 19 heavy (non-hydrogen) atoms. The molecule has 2 aliphatic rings. The van der Waals surface area contributed by atoms with Crippen molar-refractivity contribution in [2.45, 2.75) is 44.6 Å². The topological polar surface area (TPSA) is 39.1 Å². The molecular formula is C12H16F3N3O. The maximum Gasteiger partial charge on any atom is 0.449 e. The van der Waals surface area contributed by atoms with Crippen LogP contribution in [0.5, 0.6) is 0 Å². The van der Waals surface area contributed by atoms with Gasteiger partial charge in [-0.3, -0.25) is 0 Å². The molecule has 2 unspecified atom stereocenters. The van der Waals surface area contributed by atoms with Crippen LogP contribution in [0.15, 0.2) is 0 Å². The normalized spacial score (nSPS) is 27.6. The molecule has 106 valence electrons. The van der Waals surface area contributed by atoms with Gasteiger partial charge in [-0.25, -0.2) is 4.98 Å². The number of alkyl halides is 3. The molecule has 1 saturated heterocycles. The Morgan fingerprint density at radius 2 is 2.21 bits per heavy atom. The average molecular weight is 275 g/mol. The van der Waals surface area contributed by atoms with Crippen molar-refractivity contribution in [2.75, 3.05) is 13.2 Å². The van der Waals surface area contributed by atoms with Gasteiger partial charge in [0.15, 0.2) is 0 Å². The molecule has 1 fully saturated rings. The second kappa shape index (κ2) is 4.49. The fraction of sp³-hybridized carbons (Fsp3) is 0.750. The third kappa shape index (κ3) is 2.14. The first-order chi connectivity index (χ1) is 8.98. The van der Waals surface area contributed by atoms with Gasteiger partial charge < -0.3 is 14.6 Å². The van der Waals surface area contributed by atoms with E-state index in [1.54, 1.807) is 0 Å². The number of rotatable bonds is 1. The van der Waals surface area contributed by atoms with Crippen LogP contribution >= 0.6 is 0 Å². The molecule has 2 aliphatic heterocycles. The highest BCUT2D eigenvalue weighted by Gasteiger charge is 2.42. The Labute approximate surface area is 109 Å². The van der Waals surface area contributed by atoms with E-state index in [0.717, 1.165) is 0 Å². The van der Waals surface area contributed by atoms with Crippen LogP contribution in [0.2, 0.25) is 0 Å². The average Bonchev–Trinajstić information content (AvgIpc) is 2.91. The van der Waals surface area contributed by atoms with Crippen molar-refractivity contribution in [1.29, 1.82) is 0 Å². The molecule has 0 radical (unpaired) electrons. The van der Waals surface area contributed by atoms with Crippen molar-refractivity contribution in [3.8, 4) is 0 Å². The first-order valence-electron chi connectivity index (χ1n) is 6.48. The van der Waals surface area contributed by atoms with Crippen LogP contribution in [-0.4, -0.2) is 28.8 Å². The van der Waals surface area contributed by atoms with Crippen molar-refractivity contribution < 1.29 is 17.9 Å². The summed E-state index contributed by atoms with van der Waals surface area (Å²) in [5.74, 6) is -0.774. The molecule has 1 aromatic rings. The Morgan fingerprint density at radius 3 is 2.84 bits per heavy atom. The van der Waals surface area contributed by atoms with E-state index >= 15 is 0 Å². The first-order valence-corrected chi connectivity index (χ1v) is 6.48. The summed E-state index contributed by atoms with van der Waals surface area (Å²) in [4.78, 5) is 3.82. The maximum atomic E-state index is 13.2. The summed E-state index contributed by atoms with van der Waals surface area (Å²) in [6.45, 7) is 3.44. The number of ether oxygens (including phenoxy) is 1. The zero-order valence-electron chi connectivity index (χ0n) is 10.6. The molecule has 0 bridgehead atoms. The van der Waals surface area contributed by atoms with Crippen molar-refractivity contribution in [1.82, 2.24) is 14.9 Å². The Morgan fingerprint density at radius 1 is 1.42 bits per heavy atom. The maximum absolute atomic E-state index is 13.2. The molecule has 1 aromatic heterocycles. The third-order valence-corrected chi connectivity index (χ3v) is 3.85. The predicted octanol–water partition coefficient (Wildman–Crippen LogP) is 1.90. The van der Waals surface area contributed by atoms with E-state index in [1.807, 2.05) is 6.92 Å². The lowest BCUT2D eigenvalue weighted by molar-refractivity contribution is -0.148. The molecule has 1 N–H and O–H groups in total. The summed E-state index contributed by atoms with van der Waals surface area (Å²) in [5, 5.41) is 3.06. The van der Waals surface area contributed by atoms with Crippen molar-refractivity contribution in [3.63, 3.8) is 0 Å². The van der Waals surface area contributed by atoms with Gasteiger partial charge in [0.2, 0.25) is 5.82 Å². The van der Waals surface area contributed by atoms with Crippen molar-refractivity contribution in [3.05, 3.63) is 17.2 Å². The van der Waals surface area contributed by atoms with Crippen LogP contribution in [0.25, 0.3) is 0 Å². The van der Waals surface area contributed by atoms with Crippen LogP contribution in [0.4, 0.5) is 13.2 Å². The fourth-order valence-corrected chi connectivity index (χ4v) is 2.95. The minimum absolute atomic E-state index is 0.200. The lowest BCUT2D eigenvalue weighted by Crippen LogP contribution is -2.28. The minimum Gasteiger partial charge on any atom is -0.376 e. The Bertz CT molecular complexity index is 483. The summed E-state index contributed by atoms with van der Waals surface area (Å²) in [6, 6.07) is -0.258. The van der Waals surface area contributed by atoms with Crippen LogP contribution in [0.3, 0.4) is 0 Å². The second-order valence-corrected chi connectivity index (χ2v) is 5.06. The Kier molecular flexibility index (Phi) is 3.05. The highest BCUT2D eigenvalue weighted by Crippen LogP contribution is 2.37. The number of halogens is 3. The number of hydrogen-bond donors (Lipinski definition) is 1. The summed E-state index contributed by atoms with van der Waals surface area (Å²) in [6.07, 6.45) is -3.42. The van der Waals surface area contributed by atoms with E-state index in [4.69, 9.17) is 4.74 Å². The zero-order chi connectivity index (χ0) is 13.6. The SMILES string of the molecule is CC1OCCC1n1c(C(F)(F)F)nc2c1CCNC2. The second-order valence-electron chi connectivity index (χ2n) is 5.06. The fourth-order valence-electron chi connectivity index (χ4n) is 2.95. The van der Waals surface area contributed by atoms with Crippen LogP contribution in [0, 0.1) is 0 Å². The number of hydrogen-bond acceptors (Lipinski definition) is 3. The highest BCUT2D eigenvalue weighted by atomic mass is 19.4. The number of nitrogens with one attached hydrogen (secondary N) is 1. The van der Waals surface area contributed by atoms with Crippen molar-refractivity contribution in [2.24, 2.45) is 0 Å². The lowest BCUT2D eigenvalue weighted by Gasteiger charge is -2.23. The Hall–Kier alpha value is -1.08. The largest absolute Gasteiger partial charge is 0.449 e. The van der Waals surface area contributed by atoms with Crippen molar-refractivity contribution >= 4 is 0 Å². The molecule has 0 amide bonds. The number of aromatic nitrogens is 2. The van der Waals surface area contributed by atoms with Crippen LogP contribution < -0.4 is 5.32 Å². The van der Waals surface area contributed by atoms with Gasteiger partial charge in [-0.15, -0.1) is 0 Å². The molecular weight excluding hydrogens is 259 g/mol. The van der Waals surface area contributed by atoms with E-state index in [2.05, 4.69) is 10.3 Å². The lowest BCUT2D eigenvalue weighted by atomic mass is 10.1. The van der Waals surface area contributed by atoms with E-state index in [0.29, 0.717) is 43.9 Å². The number of nitrogens with zero attached hydrogens (tertiary/aromatic N) is 2. The van der Waals surface area contributed by atoms with Gasteiger partial charge in [0, 0.05) is 31.8 Å². The Balaban J connectivity index is 2.11. The van der Waals surface area contributed by atoms with Gasteiger partial charge in [0.25, 0.3) is 0 Å². The van der Waals surface area contributed by atoms with Gasteiger partial charge in [-0.1, -0.05) is 0 Å². The van der Waals surface area contributed by atoms with Crippen LogP contribution in [-0.2, 0) is 23.9 Å². The molecule has 0 aromatic carbocycles. The van der Waals surface area contributed by atoms with Crippen LogP contribution in [0.1, 0.15) is 36.6 Å². The van der Waals surface area contributed by atoms with E-state index < -0.39 is 12.0 Å². The van der Waals surface area contributed by atoms with Gasteiger partial charge in [-0.2, -0.15) is 13.2 Å². The zero-order valence-corrected chi connectivity index (χ0v) is 10.6. The molecule has 2 atom stereocenters. The van der Waals surface area contributed by atoms with Gasteiger partial charge >= 0.3 is 6.18 Å².